The van der Waals surface area contributed by atoms with Gasteiger partial charge in [-0.25, -0.2) is 9.59 Å². The van der Waals surface area contributed by atoms with Crippen molar-refractivity contribution >= 4 is 18.0 Å². The maximum Gasteiger partial charge on any atom is 0.348 e. The molecule has 0 atom stereocenters. The van der Waals surface area contributed by atoms with Gasteiger partial charge in [0.2, 0.25) is 0 Å². The lowest BCUT2D eigenvalue weighted by molar-refractivity contribution is -0.137. The first-order chi connectivity index (χ1) is 12.0. The highest BCUT2D eigenvalue weighted by Gasteiger charge is 2.10. The van der Waals surface area contributed by atoms with Gasteiger partial charge in [0.05, 0.1) is 12.2 Å². The van der Waals surface area contributed by atoms with E-state index in [4.69, 9.17) is 14.7 Å². The number of nitrogens with zero attached hydrogens (tertiary/aromatic N) is 1. The zero-order valence-electron chi connectivity index (χ0n) is 14.0. The third-order valence-electron chi connectivity index (χ3n) is 3.30. The van der Waals surface area contributed by atoms with E-state index in [1.54, 1.807) is 43.3 Å². The maximum atomic E-state index is 12.1. The summed E-state index contributed by atoms with van der Waals surface area (Å²) in [6.07, 6.45) is 1.42. The molecule has 0 aliphatic heterocycles. The fourth-order valence-electron chi connectivity index (χ4n) is 2.00. The summed E-state index contributed by atoms with van der Waals surface area (Å²) >= 11 is 0. The SMILES string of the molecule is CCOC(=O)/C(C#N)=C/c1ccc(OC(=O)c2ccc(C)cc2)cc1. The van der Waals surface area contributed by atoms with Crippen LogP contribution >= 0.6 is 0 Å². The van der Waals surface area contributed by atoms with Crippen molar-refractivity contribution in [2.45, 2.75) is 13.8 Å². The molecule has 2 aromatic rings. The van der Waals surface area contributed by atoms with Crippen LogP contribution in [0.3, 0.4) is 0 Å². The van der Waals surface area contributed by atoms with Gasteiger partial charge >= 0.3 is 11.9 Å². The Morgan fingerprint density at radius 3 is 2.28 bits per heavy atom. The molecule has 0 saturated carbocycles. The third kappa shape index (κ3) is 5.05. The minimum absolute atomic E-state index is 0.0914. The lowest BCUT2D eigenvalue weighted by Crippen LogP contribution is -2.08. The summed E-state index contributed by atoms with van der Waals surface area (Å²) in [5.41, 5.74) is 2.05. The predicted octanol–water partition coefficient (Wildman–Crippen LogP) is 3.68. The highest BCUT2D eigenvalue weighted by Crippen LogP contribution is 2.17. The first-order valence-electron chi connectivity index (χ1n) is 7.71. The van der Waals surface area contributed by atoms with Gasteiger partial charge in [-0.2, -0.15) is 5.26 Å². The van der Waals surface area contributed by atoms with Gasteiger partial charge in [0, 0.05) is 0 Å². The van der Waals surface area contributed by atoms with Gasteiger partial charge in [-0.15, -0.1) is 0 Å². The van der Waals surface area contributed by atoms with Crippen LogP contribution < -0.4 is 4.74 Å². The van der Waals surface area contributed by atoms with Crippen molar-refractivity contribution < 1.29 is 19.1 Å². The summed E-state index contributed by atoms with van der Waals surface area (Å²) in [6.45, 7) is 3.81. The second-order valence-electron chi connectivity index (χ2n) is 5.21. The lowest BCUT2D eigenvalue weighted by Gasteiger charge is -2.05. The number of benzene rings is 2. The number of carbonyl (C=O) groups excluding carboxylic acids is 2. The van der Waals surface area contributed by atoms with E-state index in [-0.39, 0.29) is 12.2 Å². The fraction of sp³-hybridized carbons (Fsp3) is 0.150. The van der Waals surface area contributed by atoms with E-state index in [9.17, 15) is 9.59 Å². The van der Waals surface area contributed by atoms with Crippen molar-refractivity contribution in [2.75, 3.05) is 6.61 Å². The van der Waals surface area contributed by atoms with Crippen molar-refractivity contribution in [1.82, 2.24) is 0 Å². The molecule has 0 N–H and O–H groups in total. The molecule has 2 rings (SSSR count). The van der Waals surface area contributed by atoms with E-state index < -0.39 is 11.9 Å². The van der Waals surface area contributed by atoms with Crippen LogP contribution in [0.4, 0.5) is 0 Å². The van der Waals surface area contributed by atoms with Crippen LogP contribution in [0.1, 0.15) is 28.4 Å². The van der Waals surface area contributed by atoms with Crippen LogP contribution in [-0.2, 0) is 9.53 Å². The van der Waals surface area contributed by atoms with Crippen LogP contribution in [0.15, 0.2) is 54.1 Å². The fourth-order valence-corrected chi connectivity index (χ4v) is 2.00. The molecule has 2 aromatic carbocycles. The first kappa shape index (κ1) is 18.0. The summed E-state index contributed by atoms with van der Waals surface area (Å²) in [7, 11) is 0. The molecule has 0 saturated heterocycles. The van der Waals surface area contributed by atoms with Gasteiger partial charge < -0.3 is 9.47 Å². The molecule has 0 aliphatic carbocycles. The van der Waals surface area contributed by atoms with Crippen molar-refractivity contribution in [3.63, 3.8) is 0 Å². The number of ether oxygens (including phenoxy) is 2. The Kier molecular flexibility index (Phi) is 6.08. The zero-order valence-corrected chi connectivity index (χ0v) is 14.0. The molecule has 0 bridgehead atoms. The number of carbonyl (C=O) groups is 2. The van der Waals surface area contributed by atoms with E-state index in [1.807, 2.05) is 25.1 Å². The van der Waals surface area contributed by atoms with Gasteiger partial charge in [0.1, 0.15) is 17.4 Å². The summed E-state index contributed by atoms with van der Waals surface area (Å²) in [5.74, 6) is -0.746. The number of nitriles is 1. The Morgan fingerprint density at radius 2 is 1.72 bits per heavy atom. The van der Waals surface area contributed by atoms with Crippen molar-refractivity contribution in [3.05, 3.63) is 70.8 Å². The minimum Gasteiger partial charge on any atom is -0.462 e. The topological polar surface area (TPSA) is 76.4 Å². The first-order valence-corrected chi connectivity index (χ1v) is 7.71. The van der Waals surface area contributed by atoms with Gasteiger partial charge in [-0.3, -0.25) is 0 Å². The zero-order chi connectivity index (χ0) is 18.2. The average molecular weight is 335 g/mol. The molecule has 0 aromatic heterocycles. The third-order valence-corrected chi connectivity index (χ3v) is 3.30. The van der Waals surface area contributed by atoms with Gasteiger partial charge in [-0.05, 0) is 49.8 Å². The van der Waals surface area contributed by atoms with Crippen LogP contribution in [0.2, 0.25) is 0 Å². The molecular weight excluding hydrogens is 318 g/mol. The molecule has 5 heteroatoms. The largest absolute Gasteiger partial charge is 0.462 e. The monoisotopic (exact) mass is 335 g/mol. The number of esters is 2. The molecule has 126 valence electrons. The van der Waals surface area contributed by atoms with Crippen LogP contribution in [0.25, 0.3) is 6.08 Å². The Morgan fingerprint density at radius 1 is 1.08 bits per heavy atom. The van der Waals surface area contributed by atoms with Crippen LogP contribution in [0.5, 0.6) is 5.75 Å². The smallest absolute Gasteiger partial charge is 0.348 e. The summed E-state index contributed by atoms with van der Waals surface area (Å²) in [5, 5.41) is 9.02. The van der Waals surface area contributed by atoms with E-state index in [0.717, 1.165) is 5.56 Å². The molecule has 0 spiro atoms. The molecular formula is C20H17NO4. The number of rotatable bonds is 5. The molecule has 0 radical (unpaired) electrons. The van der Waals surface area contributed by atoms with Gasteiger partial charge in [0.15, 0.2) is 0 Å². The number of hydrogen-bond acceptors (Lipinski definition) is 5. The lowest BCUT2D eigenvalue weighted by atomic mass is 10.1. The normalized spacial score (nSPS) is 10.7. The molecule has 0 unspecified atom stereocenters. The summed E-state index contributed by atoms with van der Waals surface area (Å²) in [6, 6.07) is 15.4. The minimum atomic E-state index is -0.667. The van der Waals surface area contributed by atoms with E-state index in [2.05, 4.69) is 0 Å². The molecule has 25 heavy (non-hydrogen) atoms. The van der Waals surface area contributed by atoms with Crippen molar-refractivity contribution in [1.29, 1.82) is 5.26 Å². The van der Waals surface area contributed by atoms with Gasteiger partial charge in [-0.1, -0.05) is 29.8 Å². The Balaban J connectivity index is 2.09. The quantitative estimate of drug-likeness (QED) is 0.360. The van der Waals surface area contributed by atoms with Crippen LogP contribution in [0, 0.1) is 18.3 Å². The van der Waals surface area contributed by atoms with Crippen molar-refractivity contribution in [2.24, 2.45) is 0 Å². The molecule has 0 fully saturated rings. The highest BCUT2D eigenvalue weighted by molar-refractivity contribution is 5.97. The highest BCUT2D eigenvalue weighted by atomic mass is 16.5. The second-order valence-corrected chi connectivity index (χ2v) is 5.21. The molecule has 0 amide bonds. The summed E-state index contributed by atoms with van der Waals surface area (Å²) < 4.78 is 10.1. The summed E-state index contributed by atoms with van der Waals surface area (Å²) in [4.78, 5) is 23.6. The Bertz CT molecular complexity index is 827. The maximum absolute atomic E-state index is 12.1. The van der Waals surface area contributed by atoms with Crippen molar-refractivity contribution in [3.8, 4) is 11.8 Å². The Labute approximate surface area is 146 Å². The molecule has 5 nitrogen and oxygen atoms in total. The number of hydrogen-bond donors (Lipinski definition) is 0. The standard InChI is InChI=1S/C20H17NO4/c1-3-24-19(22)17(13-21)12-15-6-10-18(11-7-15)25-20(23)16-8-4-14(2)5-9-16/h4-12H,3H2,1-2H3/b17-12+. The second kappa shape index (κ2) is 8.46. The van der Waals surface area contributed by atoms with E-state index >= 15 is 0 Å². The molecule has 0 aliphatic rings. The number of aryl methyl sites for hydroxylation is 1. The van der Waals surface area contributed by atoms with Gasteiger partial charge in [0.25, 0.3) is 0 Å². The van der Waals surface area contributed by atoms with E-state index in [0.29, 0.717) is 16.9 Å². The Hall–Kier alpha value is -3.39. The predicted molar refractivity (Wildman–Crippen MR) is 92.8 cm³/mol. The van der Waals surface area contributed by atoms with E-state index in [1.165, 1.54) is 6.08 Å². The van der Waals surface area contributed by atoms with Crippen LogP contribution in [-0.4, -0.2) is 18.5 Å². The molecule has 0 heterocycles. The average Bonchev–Trinajstić information content (AvgIpc) is 2.61.